The van der Waals surface area contributed by atoms with Crippen molar-refractivity contribution in [2.75, 3.05) is 6.26 Å². The Morgan fingerprint density at radius 3 is 1.89 bits per heavy atom. The third-order valence-electron chi connectivity index (χ3n) is 2.27. The molecule has 0 aromatic rings. The molecule has 10 heteroatoms. The summed E-state index contributed by atoms with van der Waals surface area (Å²) in [6.45, 7) is 0. The van der Waals surface area contributed by atoms with Crippen LogP contribution >= 0.6 is 0 Å². The fourth-order valence-corrected chi connectivity index (χ4v) is 2.12. The van der Waals surface area contributed by atoms with Crippen LogP contribution in [-0.4, -0.2) is 44.1 Å². The Morgan fingerprint density at radius 1 is 1.26 bits per heavy atom. The summed E-state index contributed by atoms with van der Waals surface area (Å²) >= 11 is 0. The summed E-state index contributed by atoms with van der Waals surface area (Å²) in [7, 11) is -3.28. The number of hydrogen-bond donors (Lipinski definition) is 2. The number of hydrogen-bond acceptors (Lipinski definition) is 5. The van der Waals surface area contributed by atoms with Crippen LogP contribution in [-0.2, 0) is 19.1 Å². The van der Waals surface area contributed by atoms with Crippen LogP contribution in [0.3, 0.4) is 0 Å². The van der Waals surface area contributed by atoms with E-state index in [-0.39, 0.29) is 12.1 Å². The van der Waals surface area contributed by atoms with Crippen LogP contribution in [0.1, 0.15) is 25.7 Å². The molecule has 0 aromatic heterocycles. The molecule has 0 heterocycles. The Hall–Kier alpha value is -0.870. The van der Waals surface area contributed by atoms with Gasteiger partial charge in [0.2, 0.25) is 0 Å². The van der Waals surface area contributed by atoms with Gasteiger partial charge in [-0.1, -0.05) is 0 Å². The summed E-state index contributed by atoms with van der Waals surface area (Å²) in [6.07, 6.45) is -0.899. The monoisotopic (exact) mass is 307 g/mol. The maximum Gasteiger partial charge on any atom is 0.490 e. The predicted octanol–water partition coefficient (Wildman–Crippen LogP) is 0.866. The van der Waals surface area contributed by atoms with E-state index in [1.807, 2.05) is 0 Å². The standard InChI is InChI=1S/C7H15NO3S.C2HF3O2/c1-12(9,10)11-7-4-2-6(8)3-5-7;3-2(4,5)1(6)7/h6-7H,2-5,8H2,1H3;(H,6,7)/t6-,7-;. The minimum atomic E-state index is -5.08. The molecule has 6 nitrogen and oxygen atoms in total. The van der Waals surface area contributed by atoms with E-state index in [1.54, 1.807) is 0 Å². The number of halogens is 3. The molecule has 1 fully saturated rings. The largest absolute Gasteiger partial charge is 0.490 e. The van der Waals surface area contributed by atoms with Crippen LogP contribution in [0.4, 0.5) is 13.2 Å². The minimum absolute atomic E-state index is 0.139. The summed E-state index contributed by atoms with van der Waals surface area (Å²) in [5.41, 5.74) is 5.66. The maximum atomic E-state index is 10.7. The smallest absolute Gasteiger partial charge is 0.475 e. The van der Waals surface area contributed by atoms with E-state index in [9.17, 15) is 21.6 Å². The van der Waals surface area contributed by atoms with E-state index in [1.165, 1.54) is 0 Å². The molecule has 0 aromatic carbocycles. The Morgan fingerprint density at radius 2 is 1.63 bits per heavy atom. The molecule has 1 saturated carbocycles. The fourth-order valence-electron chi connectivity index (χ4n) is 1.43. The zero-order valence-electron chi connectivity index (χ0n) is 10.2. The van der Waals surface area contributed by atoms with Crippen LogP contribution in [0.25, 0.3) is 0 Å². The lowest BCUT2D eigenvalue weighted by Gasteiger charge is -2.24. The molecule has 1 aliphatic carbocycles. The molecule has 1 aliphatic rings. The van der Waals surface area contributed by atoms with E-state index in [0.29, 0.717) is 0 Å². The van der Waals surface area contributed by atoms with Crippen molar-refractivity contribution in [1.82, 2.24) is 0 Å². The molecule has 19 heavy (non-hydrogen) atoms. The molecule has 0 aliphatic heterocycles. The lowest BCUT2D eigenvalue weighted by Crippen LogP contribution is -2.31. The lowest BCUT2D eigenvalue weighted by molar-refractivity contribution is -0.192. The molecule has 1 rings (SSSR count). The van der Waals surface area contributed by atoms with Crippen molar-refractivity contribution in [2.24, 2.45) is 5.73 Å². The zero-order chi connectivity index (χ0) is 15.3. The van der Waals surface area contributed by atoms with Crippen molar-refractivity contribution in [2.45, 2.75) is 44.0 Å². The summed E-state index contributed by atoms with van der Waals surface area (Å²) in [6, 6.07) is 0.226. The van der Waals surface area contributed by atoms with Gasteiger partial charge in [-0.15, -0.1) is 0 Å². The van der Waals surface area contributed by atoms with Gasteiger partial charge in [-0.2, -0.15) is 21.6 Å². The number of nitrogens with two attached hydrogens (primary N) is 1. The predicted molar refractivity (Wildman–Crippen MR) is 59.9 cm³/mol. The van der Waals surface area contributed by atoms with Crippen LogP contribution in [0.2, 0.25) is 0 Å². The van der Waals surface area contributed by atoms with Crippen molar-refractivity contribution in [3.05, 3.63) is 0 Å². The molecular formula is C9H16F3NO5S. The van der Waals surface area contributed by atoms with Crippen LogP contribution in [0.15, 0.2) is 0 Å². The minimum Gasteiger partial charge on any atom is -0.475 e. The lowest BCUT2D eigenvalue weighted by atomic mass is 9.94. The second kappa shape index (κ2) is 7.06. The summed E-state index contributed by atoms with van der Waals surface area (Å²) in [4.78, 5) is 8.90. The third-order valence-corrected chi connectivity index (χ3v) is 2.89. The van der Waals surface area contributed by atoms with Crippen molar-refractivity contribution >= 4 is 16.1 Å². The number of aliphatic carboxylic acids is 1. The second-order valence-corrected chi connectivity index (χ2v) is 5.74. The number of carbonyl (C=O) groups is 1. The Bertz CT molecular complexity index is 387. The van der Waals surface area contributed by atoms with E-state index in [0.717, 1.165) is 31.9 Å². The Labute approximate surface area is 108 Å². The van der Waals surface area contributed by atoms with Gasteiger partial charge >= 0.3 is 12.1 Å². The molecule has 0 radical (unpaired) electrons. The summed E-state index contributed by atoms with van der Waals surface area (Å²) < 4.78 is 58.0. The number of carboxylic acid groups (broad SMARTS) is 1. The highest BCUT2D eigenvalue weighted by molar-refractivity contribution is 7.86. The molecule has 0 saturated heterocycles. The van der Waals surface area contributed by atoms with Crippen LogP contribution in [0.5, 0.6) is 0 Å². The normalized spacial score (nSPS) is 24.3. The average Bonchev–Trinajstić information content (AvgIpc) is 2.19. The topological polar surface area (TPSA) is 107 Å². The number of rotatable bonds is 2. The van der Waals surface area contributed by atoms with Gasteiger partial charge < -0.3 is 10.8 Å². The average molecular weight is 307 g/mol. The SMILES string of the molecule is CS(=O)(=O)O[C@H]1CC[C@H](N)CC1.O=C(O)C(F)(F)F. The Balaban J connectivity index is 0.000000399. The highest BCUT2D eigenvalue weighted by Gasteiger charge is 2.38. The van der Waals surface area contributed by atoms with Gasteiger partial charge in [0, 0.05) is 6.04 Å². The van der Waals surface area contributed by atoms with Gasteiger partial charge in [-0.25, -0.2) is 4.79 Å². The first-order valence-corrected chi connectivity index (χ1v) is 7.17. The number of alkyl halides is 3. The third kappa shape index (κ3) is 9.68. The van der Waals surface area contributed by atoms with Crippen molar-refractivity contribution in [3.63, 3.8) is 0 Å². The highest BCUT2D eigenvalue weighted by Crippen LogP contribution is 2.20. The molecule has 0 atom stereocenters. The summed E-state index contributed by atoms with van der Waals surface area (Å²) in [5, 5.41) is 7.12. The van der Waals surface area contributed by atoms with Gasteiger partial charge in [0.15, 0.2) is 0 Å². The molecule has 0 spiro atoms. The first-order valence-electron chi connectivity index (χ1n) is 5.35. The quantitative estimate of drug-likeness (QED) is 0.733. The van der Waals surface area contributed by atoms with Gasteiger partial charge in [0.05, 0.1) is 12.4 Å². The first kappa shape index (κ1) is 18.1. The van der Waals surface area contributed by atoms with Crippen molar-refractivity contribution < 1.29 is 35.7 Å². The fraction of sp³-hybridized carbons (Fsp3) is 0.889. The second-order valence-electron chi connectivity index (χ2n) is 4.14. The van der Waals surface area contributed by atoms with Crippen LogP contribution < -0.4 is 5.73 Å². The molecular weight excluding hydrogens is 291 g/mol. The van der Waals surface area contributed by atoms with Gasteiger partial charge in [-0.05, 0) is 25.7 Å². The van der Waals surface area contributed by atoms with E-state index >= 15 is 0 Å². The van der Waals surface area contributed by atoms with E-state index < -0.39 is 22.3 Å². The summed E-state index contributed by atoms with van der Waals surface area (Å²) in [5.74, 6) is -2.76. The van der Waals surface area contributed by atoms with Gasteiger partial charge in [-0.3, -0.25) is 4.18 Å². The molecule has 0 bridgehead atoms. The highest BCUT2D eigenvalue weighted by atomic mass is 32.2. The number of carboxylic acids is 1. The van der Waals surface area contributed by atoms with Gasteiger partial charge in [0.25, 0.3) is 10.1 Å². The Kier molecular flexibility index (Phi) is 6.73. The molecule has 3 N–H and O–H groups in total. The van der Waals surface area contributed by atoms with E-state index in [2.05, 4.69) is 0 Å². The first-order chi connectivity index (χ1) is 8.42. The van der Waals surface area contributed by atoms with Crippen LogP contribution in [0, 0.1) is 0 Å². The molecule has 0 unspecified atom stereocenters. The zero-order valence-corrected chi connectivity index (χ0v) is 11.0. The van der Waals surface area contributed by atoms with Gasteiger partial charge in [0.1, 0.15) is 0 Å². The van der Waals surface area contributed by atoms with E-state index in [4.69, 9.17) is 19.8 Å². The maximum absolute atomic E-state index is 10.7. The molecule has 114 valence electrons. The molecule has 0 amide bonds. The van der Waals surface area contributed by atoms with Crippen molar-refractivity contribution in [1.29, 1.82) is 0 Å². The van der Waals surface area contributed by atoms with Crippen molar-refractivity contribution in [3.8, 4) is 0 Å².